The van der Waals surface area contributed by atoms with Crippen LogP contribution in [0.5, 0.6) is 0 Å². The molecule has 100 valence electrons. The summed E-state index contributed by atoms with van der Waals surface area (Å²) < 4.78 is 4.99. The Hall–Kier alpha value is -1.30. The first kappa shape index (κ1) is 14.8. The van der Waals surface area contributed by atoms with Crippen LogP contribution < -0.4 is 5.32 Å². The van der Waals surface area contributed by atoms with E-state index < -0.39 is 5.97 Å². The van der Waals surface area contributed by atoms with Crippen LogP contribution in [0.25, 0.3) is 0 Å². The minimum absolute atomic E-state index is 0.189. The third-order valence-corrected chi connectivity index (χ3v) is 2.50. The second-order valence-corrected chi connectivity index (χ2v) is 5.49. The van der Waals surface area contributed by atoms with Gasteiger partial charge in [-0.25, -0.2) is 14.8 Å². The van der Waals surface area contributed by atoms with Gasteiger partial charge in [0.2, 0.25) is 0 Å². The van der Waals surface area contributed by atoms with E-state index >= 15 is 0 Å². The van der Waals surface area contributed by atoms with Gasteiger partial charge < -0.3 is 10.1 Å². The highest BCUT2D eigenvalue weighted by atomic mass is 32.2. The Bertz CT molecular complexity index is 430. The van der Waals surface area contributed by atoms with E-state index in [1.54, 1.807) is 6.92 Å². The quantitative estimate of drug-likeness (QED) is 0.515. The van der Waals surface area contributed by atoms with E-state index in [0.717, 1.165) is 0 Å². The van der Waals surface area contributed by atoms with Crippen molar-refractivity contribution in [2.24, 2.45) is 0 Å². The summed E-state index contributed by atoms with van der Waals surface area (Å²) in [6.45, 7) is 8.11. The molecule has 18 heavy (non-hydrogen) atoms. The number of hydrogen-bond donors (Lipinski definition) is 1. The molecule has 0 atom stereocenters. The van der Waals surface area contributed by atoms with E-state index in [0.29, 0.717) is 23.1 Å². The fraction of sp³-hybridized carbons (Fsp3) is 0.583. The smallest absolute Gasteiger partial charge is 0.343 e. The number of carbonyl (C=O) groups excluding carboxylic acids is 1. The Morgan fingerprint density at radius 2 is 2.17 bits per heavy atom. The monoisotopic (exact) mass is 269 g/mol. The molecule has 0 amide bonds. The number of anilines is 1. The average molecular weight is 269 g/mol. The summed E-state index contributed by atoms with van der Waals surface area (Å²) in [4.78, 5) is 20.2. The Balaban J connectivity index is 3.12. The van der Waals surface area contributed by atoms with Crippen molar-refractivity contribution in [3.05, 3.63) is 11.8 Å². The second-order valence-electron chi connectivity index (χ2n) is 4.71. The molecule has 1 heterocycles. The summed E-state index contributed by atoms with van der Waals surface area (Å²) in [6, 6.07) is 0. The highest BCUT2D eigenvalue weighted by Gasteiger charge is 2.19. The Morgan fingerprint density at radius 1 is 1.50 bits per heavy atom. The molecule has 0 saturated heterocycles. The van der Waals surface area contributed by atoms with Crippen molar-refractivity contribution < 1.29 is 9.53 Å². The number of ether oxygens (including phenoxy) is 1. The number of nitrogens with zero attached hydrogens (tertiary/aromatic N) is 2. The third-order valence-electron chi connectivity index (χ3n) is 1.94. The van der Waals surface area contributed by atoms with Crippen LogP contribution in [0, 0.1) is 0 Å². The molecule has 1 rings (SSSR count). The second kappa shape index (κ2) is 6.04. The van der Waals surface area contributed by atoms with Crippen LogP contribution in [-0.2, 0) is 4.74 Å². The van der Waals surface area contributed by atoms with Crippen LogP contribution in [-0.4, -0.2) is 34.3 Å². The molecule has 1 N–H and O–H groups in total. The molecule has 0 bridgehead atoms. The van der Waals surface area contributed by atoms with Crippen molar-refractivity contribution in [1.82, 2.24) is 9.97 Å². The van der Waals surface area contributed by atoms with E-state index in [-0.39, 0.29) is 5.54 Å². The largest absolute Gasteiger partial charge is 0.462 e. The van der Waals surface area contributed by atoms with Crippen LogP contribution in [0.3, 0.4) is 0 Å². The maximum absolute atomic E-state index is 11.8. The Kier molecular flexibility index (Phi) is 4.95. The van der Waals surface area contributed by atoms with Gasteiger partial charge in [0.15, 0.2) is 5.16 Å². The van der Waals surface area contributed by atoms with E-state index in [1.807, 2.05) is 27.0 Å². The van der Waals surface area contributed by atoms with E-state index in [4.69, 9.17) is 4.74 Å². The predicted octanol–water partition coefficient (Wildman–Crippen LogP) is 2.59. The van der Waals surface area contributed by atoms with Gasteiger partial charge in [-0.3, -0.25) is 0 Å². The van der Waals surface area contributed by atoms with E-state index in [9.17, 15) is 4.79 Å². The molecule has 5 nitrogen and oxygen atoms in total. The van der Waals surface area contributed by atoms with Gasteiger partial charge in [-0.1, -0.05) is 11.8 Å². The number of rotatable bonds is 4. The van der Waals surface area contributed by atoms with Gasteiger partial charge in [-0.15, -0.1) is 0 Å². The lowest BCUT2D eigenvalue weighted by atomic mass is 10.1. The fourth-order valence-electron chi connectivity index (χ4n) is 1.27. The lowest BCUT2D eigenvalue weighted by Gasteiger charge is -2.22. The number of nitrogens with one attached hydrogen (secondary N) is 1. The van der Waals surface area contributed by atoms with Gasteiger partial charge in [0.05, 0.1) is 6.61 Å². The molecule has 0 aliphatic rings. The molecule has 0 radical (unpaired) electrons. The zero-order chi connectivity index (χ0) is 13.8. The first-order valence-corrected chi connectivity index (χ1v) is 6.96. The summed E-state index contributed by atoms with van der Waals surface area (Å²) in [7, 11) is 0. The van der Waals surface area contributed by atoms with Gasteiger partial charge in [0.1, 0.15) is 11.4 Å². The molecule has 0 saturated carbocycles. The first-order valence-electron chi connectivity index (χ1n) is 5.73. The molecular weight excluding hydrogens is 250 g/mol. The number of carbonyl (C=O) groups is 1. The van der Waals surface area contributed by atoms with Crippen LogP contribution >= 0.6 is 11.8 Å². The topological polar surface area (TPSA) is 64.1 Å². The number of hydrogen-bond acceptors (Lipinski definition) is 6. The molecule has 1 aromatic rings. The standard InChI is InChI=1S/C12H19N3O2S/c1-6-17-10(16)8-7-13-11(18-5)14-9(8)15-12(2,3)4/h7H,6H2,1-5H3,(H,13,14,15). The molecule has 6 heteroatoms. The maximum atomic E-state index is 11.8. The predicted molar refractivity (Wildman–Crippen MR) is 73.1 cm³/mol. The van der Waals surface area contributed by atoms with Gasteiger partial charge in [0, 0.05) is 11.7 Å². The first-order chi connectivity index (χ1) is 8.37. The molecule has 0 aliphatic carbocycles. The average Bonchev–Trinajstić information content (AvgIpc) is 2.27. The van der Waals surface area contributed by atoms with Crippen LogP contribution in [0.2, 0.25) is 0 Å². The lowest BCUT2D eigenvalue weighted by Crippen LogP contribution is -2.28. The van der Waals surface area contributed by atoms with Gasteiger partial charge in [0.25, 0.3) is 0 Å². The number of aromatic nitrogens is 2. The molecule has 0 unspecified atom stereocenters. The van der Waals surface area contributed by atoms with Crippen molar-refractivity contribution in [2.75, 3.05) is 18.2 Å². The third kappa shape index (κ3) is 4.18. The summed E-state index contributed by atoms with van der Waals surface area (Å²) >= 11 is 1.43. The summed E-state index contributed by atoms with van der Waals surface area (Å²) in [6.07, 6.45) is 3.39. The maximum Gasteiger partial charge on any atom is 0.343 e. The number of thioether (sulfide) groups is 1. The highest BCUT2D eigenvalue weighted by molar-refractivity contribution is 7.98. The number of esters is 1. The summed E-state index contributed by atoms with van der Waals surface area (Å²) in [5.41, 5.74) is 0.176. The summed E-state index contributed by atoms with van der Waals surface area (Å²) in [5, 5.41) is 3.82. The molecule has 0 fully saturated rings. The Labute approximate surface area is 112 Å². The minimum Gasteiger partial charge on any atom is -0.462 e. The van der Waals surface area contributed by atoms with Gasteiger partial charge >= 0.3 is 5.97 Å². The van der Waals surface area contributed by atoms with Gasteiger partial charge in [-0.05, 0) is 34.0 Å². The zero-order valence-corrected chi connectivity index (χ0v) is 12.2. The minimum atomic E-state index is -0.406. The molecular formula is C12H19N3O2S. The van der Waals surface area contributed by atoms with Crippen LogP contribution in [0.15, 0.2) is 11.4 Å². The fourth-order valence-corrected chi connectivity index (χ4v) is 1.61. The van der Waals surface area contributed by atoms with Crippen molar-refractivity contribution in [3.63, 3.8) is 0 Å². The zero-order valence-electron chi connectivity index (χ0n) is 11.4. The normalized spacial score (nSPS) is 11.2. The lowest BCUT2D eigenvalue weighted by molar-refractivity contribution is 0.0526. The van der Waals surface area contributed by atoms with Gasteiger partial charge in [-0.2, -0.15) is 0 Å². The van der Waals surface area contributed by atoms with Crippen molar-refractivity contribution in [1.29, 1.82) is 0 Å². The van der Waals surface area contributed by atoms with Crippen molar-refractivity contribution >= 4 is 23.5 Å². The van der Waals surface area contributed by atoms with E-state index in [1.165, 1.54) is 18.0 Å². The molecule has 0 aliphatic heterocycles. The SMILES string of the molecule is CCOC(=O)c1cnc(SC)nc1NC(C)(C)C. The van der Waals surface area contributed by atoms with Crippen molar-refractivity contribution in [2.45, 2.75) is 38.4 Å². The van der Waals surface area contributed by atoms with Crippen LogP contribution in [0.4, 0.5) is 5.82 Å². The highest BCUT2D eigenvalue weighted by Crippen LogP contribution is 2.20. The van der Waals surface area contributed by atoms with E-state index in [2.05, 4.69) is 15.3 Å². The van der Waals surface area contributed by atoms with Crippen LogP contribution in [0.1, 0.15) is 38.1 Å². The summed E-state index contributed by atoms with van der Waals surface area (Å²) in [5.74, 6) is 0.109. The molecule has 0 spiro atoms. The van der Waals surface area contributed by atoms with Crippen molar-refractivity contribution in [3.8, 4) is 0 Å². The molecule has 0 aromatic carbocycles. The Morgan fingerprint density at radius 3 is 2.67 bits per heavy atom. The molecule has 1 aromatic heterocycles.